The third-order valence-electron chi connectivity index (χ3n) is 1.07. The minimum Gasteiger partial charge on any atom is -0.460 e. The van der Waals surface area contributed by atoms with Crippen LogP contribution in [0, 0.1) is 0 Å². The van der Waals surface area contributed by atoms with Crippen molar-refractivity contribution >= 4 is 29.9 Å². The molecule has 0 fully saturated rings. The quantitative estimate of drug-likeness (QED) is 0.404. The number of hydrogen-bond acceptors (Lipinski definition) is 2. The molecule has 0 aliphatic heterocycles. The topological polar surface area (TPSA) is 26.3 Å². The number of likely N-dealkylation sites (N-methyl/N-ethyl adjacent to an activating group) is 1. The van der Waals surface area contributed by atoms with Gasteiger partial charge in [-0.15, -0.1) is 0 Å². The molecule has 0 amide bonds. The summed E-state index contributed by atoms with van der Waals surface area (Å²) in [6.07, 6.45) is 0. The monoisotopic (exact) mass is 266 g/mol. The summed E-state index contributed by atoms with van der Waals surface area (Å²) in [6, 6.07) is 0. The van der Waals surface area contributed by atoms with Crippen LogP contribution >= 0.6 is 0 Å². The van der Waals surface area contributed by atoms with E-state index in [1.807, 2.05) is 0 Å². The molecule has 0 spiro atoms. The van der Waals surface area contributed by atoms with Gasteiger partial charge in [0, 0.05) is 30.8 Å². The Morgan fingerprint density at radius 1 is 1.36 bits per heavy atom. The van der Waals surface area contributed by atoms with Crippen molar-refractivity contribution in [2.24, 2.45) is 0 Å². The van der Waals surface area contributed by atoms with Gasteiger partial charge < -0.3 is 9.22 Å². The molecular weight excluding hydrogens is 249 g/mol. The molecule has 0 saturated carbocycles. The zero-order chi connectivity index (χ0) is 8.20. The molecule has 4 radical (unpaired) electrons. The molecule has 0 aliphatic carbocycles. The molecule has 0 aromatic heterocycles. The first-order valence-corrected chi connectivity index (χ1v) is 3.35. The van der Waals surface area contributed by atoms with Crippen molar-refractivity contribution in [1.82, 2.24) is 0 Å². The predicted molar refractivity (Wildman–Crippen MR) is 45.3 cm³/mol. The van der Waals surface area contributed by atoms with Gasteiger partial charge in [0.1, 0.15) is 13.2 Å². The third kappa shape index (κ3) is 13.3. The summed E-state index contributed by atoms with van der Waals surface area (Å²) in [5.74, 6) is -0.201. The third-order valence-corrected chi connectivity index (χ3v) is 1.07. The maximum absolute atomic E-state index is 10.3. The van der Waals surface area contributed by atoms with Crippen LogP contribution < -0.4 is 0 Å². The van der Waals surface area contributed by atoms with E-state index in [1.54, 1.807) is 0 Å². The van der Waals surface area contributed by atoms with Gasteiger partial charge >= 0.3 is 5.97 Å². The molecular formula is C7H16NO2Sn+. The van der Waals surface area contributed by atoms with Gasteiger partial charge in [0.15, 0.2) is 0 Å². The van der Waals surface area contributed by atoms with E-state index in [2.05, 4.69) is 21.1 Å². The van der Waals surface area contributed by atoms with E-state index in [1.165, 1.54) is 6.92 Å². The van der Waals surface area contributed by atoms with E-state index in [9.17, 15) is 4.79 Å². The average molecular weight is 265 g/mol. The zero-order valence-electron chi connectivity index (χ0n) is 7.68. The standard InChI is InChI=1S/C7H16NO2.Sn/c1-7(9)10-6-5-8(2,3)4;/h5-6H2,1-4H3;/q+1;. The van der Waals surface area contributed by atoms with Gasteiger partial charge in [-0.05, 0) is 0 Å². The number of ether oxygens (including phenoxy) is 1. The van der Waals surface area contributed by atoms with Crippen LogP contribution in [0.4, 0.5) is 0 Å². The second-order valence-corrected chi connectivity index (χ2v) is 3.35. The van der Waals surface area contributed by atoms with Gasteiger partial charge in [0.25, 0.3) is 0 Å². The number of carbonyl (C=O) groups is 1. The second kappa shape index (κ2) is 5.83. The largest absolute Gasteiger partial charge is 0.460 e. The van der Waals surface area contributed by atoms with Crippen molar-refractivity contribution in [1.29, 1.82) is 0 Å². The number of nitrogens with zero attached hydrogens (tertiary/aromatic N) is 1. The Hall–Kier alpha value is 0.229. The van der Waals surface area contributed by atoms with E-state index >= 15 is 0 Å². The van der Waals surface area contributed by atoms with E-state index in [0.717, 1.165) is 11.0 Å². The van der Waals surface area contributed by atoms with Crippen LogP contribution in [0.15, 0.2) is 0 Å². The molecule has 0 atom stereocenters. The van der Waals surface area contributed by atoms with Crippen LogP contribution in [-0.4, -0.2) is 68.7 Å². The Balaban J connectivity index is 0. The van der Waals surface area contributed by atoms with Crippen LogP contribution in [0.2, 0.25) is 0 Å². The zero-order valence-corrected chi connectivity index (χ0v) is 10.5. The molecule has 0 aromatic carbocycles. The molecule has 3 nitrogen and oxygen atoms in total. The van der Waals surface area contributed by atoms with Crippen molar-refractivity contribution in [2.75, 3.05) is 34.3 Å². The molecule has 0 aromatic rings. The summed E-state index contributed by atoms with van der Waals surface area (Å²) in [4.78, 5) is 10.3. The minimum atomic E-state index is -0.201. The Bertz CT molecular complexity index is 120. The number of hydrogen-bond donors (Lipinski definition) is 0. The molecule has 0 heterocycles. The predicted octanol–water partition coefficient (Wildman–Crippen LogP) is -0.125. The summed E-state index contributed by atoms with van der Waals surface area (Å²) in [7, 11) is 6.18. The normalized spacial score (nSPS) is 10.2. The van der Waals surface area contributed by atoms with Gasteiger partial charge in [-0.1, -0.05) is 0 Å². The maximum atomic E-state index is 10.3. The Labute approximate surface area is 85.3 Å². The molecule has 0 saturated heterocycles. The summed E-state index contributed by atoms with van der Waals surface area (Å²) in [5.41, 5.74) is 0. The molecule has 0 aliphatic rings. The molecule has 4 heteroatoms. The van der Waals surface area contributed by atoms with E-state index < -0.39 is 0 Å². The number of carbonyl (C=O) groups excluding carboxylic acids is 1. The first-order valence-electron chi connectivity index (χ1n) is 3.35. The molecule has 11 heavy (non-hydrogen) atoms. The number of quaternary nitrogens is 1. The van der Waals surface area contributed by atoms with Crippen LogP contribution in [0.25, 0.3) is 0 Å². The maximum Gasteiger partial charge on any atom is 0.302 e. The van der Waals surface area contributed by atoms with Crippen molar-refractivity contribution in [3.05, 3.63) is 0 Å². The van der Waals surface area contributed by atoms with Gasteiger partial charge in [-0.2, -0.15) is 0 Å². The van der Waals surface area contributed by atoms with Crippen molar-refractivity contribution in [2.45, 2.75) is 6.92 Å². The molecule has 0 unspecified atom stereocenters. The summed E-state index contributed by atoms with van der Waals surface area (Å²) >= 11 is 0. The molecule has 64 valence electrons. The van der Waals surface area contributed by atoms with Crippen molar-refractivity contribution < 1.29 is 14.0 Å². The fourth-order valence-electron chi connectivity index (χ4n) is 0.463. The smallest absolute Gasteiger partial charge is 0.302 e. The Kier molecular flexibility index (Phi) is 7.31. The second-order valence-electron chi connectivity index (χ2n) is 3.35. The first-order chi connectivity index (χ1) is 4.42. The molecule has 0 bridgehead atoms. The van der Waals surface area contributed by atoms with Crippen LogP contribution in [0.1, 0.15) is 6.92 Å². The summed E-state index contributed by atoms with van der Waals surface area (Å²) in [6.45, 7) is 2.80. The Morgan fingerprint density at radius 2 is 1.82 bits per heavy atom. The van der Waals surface area contributed by atoms with Crippen LogP contribution in [0.3, 0.4) is 0 Å². The molecule has 0 rings (SSSR count). The summed E-state index contributed by atoms with van der Waals surface area (Å²) in [5, 5.41) is 0. The SMILES string of the molecule is CC(=O)OCC[N+](C)(C)C.[Sn]. The van der Waals surface area contributed by atoms with Crippen molar-refractivity contribution in [3.63, 3.8) is 0 Å². The van der Waals surface area contributed by atoms with Crippen LogP contribution in [-0.2, 0) is 9.53 Å². The fourth-order valence-corrected chi connectivity index (χ4v) is 0.463. The number of esters is 1. The molecule has 0 N–H and O–H groups in total. The van der Waals surface area contributed by atoms with Gasteiger partial charge in [-0.3, -0.25) is 4.79 Å². The minimum absolute atomic E-state index is 0. The van der Waals surface area contributed by atoms with E-state index in [-0.39, 0.29) is 29.9 Å². The first kappa shape index (κ1) is 13.8. The Morgan fingerprint density at radius 3 is 2.09 bits per heavy atom. The van der Waals surface area contributed by atoms with Crippen LogP contribution in [0.5, 0.6) is 0 Å². The number of rotatable bonds is 3. The van der Waals surface area contributed by atoms with E-state index in [0.29, 0.717) is 6.61 Å². The fraction of sp³-hybridized carbons (Fsp3) is 0.857. The summed E-state index contributed by atoms with van der Waals surface area (Å²) < 4.78 is 5.59. The van der Waals surface area contributed by atoms with Gasteiger partial charge in [0.2, 0.25) is 0 Å². The van der Waals surface area contributed by atoms with Crippen molar-refractivity contribution in [3.8, 4) is 0 Å². The van der Waals surface area contributed by atoms with E-state index in [4.69, 9.17) is 4.74 Å². The van der Waals surface area contributed by atoms with Gasteiger partial charge in [0.05, 0.1) is 21.1 Å². The average Bonchev–Trinajstić information content (AvgIpc) is 1.59. The van der Waals surface area contributed by atoms with Gasteiger partial charge in [-0.25, -0.2) is 0 Å².